The molecule has 2 aliphatic rings. The second-order valence-corrected chi connectivity index (χ2v) is 7.37. The number of fused-ring (bicyclic) bond motifs is 1. The van der Waals surface area contributed by atoms with Gasteiger partial charge < -0.3 is 19.7 Å². The number of carbonyl (C=O) groups excluding carboxylic acids is 3. The van der Waals surface area contributed by atoms with Crippen LogP contribution in [0.25, 0.3) is 0 Å². The van der Waals surface area contributed by atoms with E-state index in [2.05, 4.69) is 26.6 Å². The van der Waals surface area contributed by atoms with E-state index >= 15 is 0 Å². The Bertz CT molecular complexity index is 742. The number of nitrogens with zero attached hydrogens (tertiary/aromatic N) is 1. The predicted molar refractivity (Wildman–Crippen MR) is 106 cm³/mol. The first kappa shape index (κ1) is 20.8. The van der Waals surface area contributed by atoms with Crippen LogP contribution in [0.1, 0.15) is 28.8 Å². The van der Waals surface area contributed by atoms with Gasteiger partial charge in [-0.3, -0.25) is 19.7 Å². The lowest BCUT2D eigenvalue weighted by Crippen LogP contribution is -2.52. The number of amides is 3. The molecular formula is C19H24BrN3O5. The highest BCUT2D eigenvalue weighted by Gasteiger charge is 2.39. The first-order valence-electron chi connectivity index (χ1n) is 9.33. The molecule has 3 amide bonds. The van der Waals surface area contributed by atoms with E-state index in [1.807, 2.05) is 12.1 Å². The zero-order valence-electron chi connectivity index (χ0n) is 15.5. The molecule has 0 bridgehead atoms. The quantitative estimate of drug-likeness (QED) is 0.314. The lowest BCUT2D eigenvalue weighted by Gasteiger charge is -2.29. The fraction of sp³-hybridized carbons (Fsp3) is 0.526. The van der Waals surface area contributed by atoms with E-state index in [4.69, 9.17) is 9.47 Å². The maximum atomic E-state index is 12.8. The van der Waals surface area contributed by atoms with Crippen LogP contribution >= 0.6 is 15.9 Å². The minimum atomic E-state index is -0.603. The molecule has 2 N–H and O–H groups in total. The number of hydrogen-bond donors (Lipinski definition) is 2. The largest absolute Gasteiger partial charge is 0.382 e. The lowest BCUT2D eigenvalue weighted by molar-refractivity contribution is -0.136. The third-order valence-corrected chi connectivity index (χ3v) is 5.06. The molecule has 1 saturated heterocycles. The van der Waals surface area contributed by atoms with Gasteiger partial charge in [0, 0.05) is 41.7 Å². The van der Waals surface area contributed by atoms with Crippen LogP contribution in [0.3, 0.4) is 0 Å². The fourth-order valence-corrected chi connectivity index (χ4v) is 3.61. The van der Waals surface area contributed by atoms with Crippen LogP contribution in [0.15, 0.2) is 18.2 Å². The number of nitrogens with one attached hydrogen (secondary N) is 2. The van der Waals surface area contributed by atoms with Crippen molar-refractivity contribution in [2.45, 2.75) is 25.4 Å². The molecule has 1 aromatic rings. The normalized spacial score (nSPS) is 19.0. The number of hydrogen-bond acceptors (Lipinski definition) is 6. The Morgan fingerprint density at radius 1 is 1.14 bits per heavy atom. The van der Waals surface area contributed by atoms with Gasteiger partial charge in [0.2, 0.25) is 11.8 Å². The average Bonchev–Trinajstić information content (AvgIpc) is 3.01. The Labute approximate surface area is 172 Å². The van der Waals surface area contributed by atoms with Gasteiger partial charge in [0.15, 0.2) is 0 Å². The summed E-state index contributed by atoms with van der Waals surface area (Å²) in [6.45, 7) is 3.22. The molecule has 2 aliphatic heterocycles. The van der Waals surface area contributed by atoms with Crippen LogP contribution in [0.4, 0.5) is 5.69 Å². The summed E-state index contributed by atoms with van der Waals surface area (Å²) in [7, 11) is 0. The topological polar surface area (TPSA) is 97.0 Å². The second kappa shape index (κ2) is 9.99. The summed E-state index contributed by atoms with van der Waals surface area (Å²) in [4.78, 5) is 37.8. The van der Waals surface area contributed by atoms with Crippen LogP contribution in [0.2, 0.25) is 0 Å². The number of ether oxygens (including phenoxy) is 2. The number of carbonyl (C=O) groups is 3. The number of rotatable bonds is 10. The van der Waals surface area contributed by atoms with E-state index in [9.17, 15) is 14.4 Å². The Kier molecular flexibility index (Phi) is 7.41. The monoisotopic (exact) mass is 453 g/mol. The van der Waals surface area contributed by atoms with Crippen molar-refractivity contribution < 1.29 is 23.9 Å². The van der Waals surface area contributed by atoms with Crippen molar-refractivity contribution in [1.29, 1.82) is 0 Å². The van der Waals surface area contributed by atoms with E-state index in [-0.39, 0.29) is 18.2 Å². The van der Waals surface area contributed by atoms with Crippen molar-refractivity contribution >= 4 is 39.3 Å². The molecule has 152 valence electrons. The van der Waals surface area contributed by atoms with Crippen molar-refractivity contribution in [3.8, 4) is 0 Å². The highest BCUT2D eigenvalue weighted by molar-refractivity contribution is 9.09. The number of anilines is 1. The van der Waals surface area contributed by atoms with Crippen molar-refractivity contribution in [2.24, 2.45) is 0 Å². The van der Waals surface area contributed by atoms with Gasteiger partial charge in [0.1, 0.15) is 6.04 Å². The smallest absolute Gasteiger partial charge is 0.255 e. The van der Waals surface area contributed by atoms with Gasteiger partial charge in [-0.1, -0.05) is 22.0 Å². The zero-order chi connectivity index (χ0) is 19.9. The van der Waals surface area contributed by atoms with Gasteiger partial charge in [0.05, 0.1) is 26.4 Å². The van der Waals surface area contributed by atoms with Gasteiger partial charge in [0.25, 0.3) is 5.91 Å². The molecule has 8 nitrogen and oxygen atoms in total. The van der Waals surface area contributed by atoms with E-state index in [0.717, 1.165) is 16.6 Å². The maximum Gasteiger partial charge on any atom is 0.255 e. The Balaban J connectivity index is 1.54. The van der Waals surface area contributed by atoms with E-state index in [0.29, 0.717) is 51.5 Å². The minimum absolute atomic E-state index is 0.173. The molecule has 28 heavy (non-hydrogen) atoms. The predicted octanol–water partition coefficient (Wildman–Crippen LogP) is 1.29. The number of benzene rings is 1. The molecule has 0 radical (unpaired) electrons. The summed E-state index contributed by atoms with van der Waals surface area (Å²) in [5, 5.41) is 6.43. The number of piperidine rings is 1. The third-order valence-electron chi connectivity index (χ3n) is 4.74. The molecule has 1 fully saturated rings. The van der Waals surface area contributed by atoms with E-state index < -0.39 is 11.9 Å². The van der Waals surface area contributed by atoms with Crippen molar-refractivity contribution in [3.05, 3.63) is 29.3 Å². The number of halogens is 1. The molecule has 1 unspecified atom stereocenters. The van der Waals surface area contributed by atoms with Gasteiger partial charge in [-0.2, -0.15) is 0 Å². The Morgan fingerprint density at radius 2 is 1.93 bits per heavy atom. The van der Waals surface area contributed by atoms with E-state index in [1.165, 1.54) is 0 Å². The second-order valence-electron chi connectivity index (χ2n) is 6.57. The summed E-state index contributed by atoms with van der Waals surface area (Å²) in [5.41, 5.74) is 2.33. The molecule has 2 heterocycles. The van der Waals surface area contributed by atoms with Crippen LogP contribution in [-0.4, -0.2) is 67.0 Å². The average molecular weight is 454 g/mol. The van der Waals surface area contributed by atoms with Gasteiger partial charge in [-0.15, -0.1) is 0 Å². The summed E-state index contributed by atoms with van der Waals surface area (Å²) in [6, 6.07) is 4.90. The highest BCUT2D eigenvalue weighted by Crippen LogP contribution is 2.32. The maximum absolute atomic E-state index is 12.8. The van der Waals surface area contributed by atoms with Crippen molar-refractivity contribution in [1.82, 2.24) is 10.2 Å². The molecule has 0 spiro atoms. The molecule has 3 rings (SSSR count). The first-order valence-corrected chi connectivity index (χ1v) is 10.5. The van der Waals surface area contributed by atoms with Crippen molar-refractivity contribution in [2.75, 3.05) is 43.6 Å². The number of imide groups is 1. The summed E-state index contributed by atoms with van der Waals surface area (Å²) in [6.07, 6.45) is 0.608. The molecular weight excluding hydrogens is 430 g/mol. The van der Waals surface area contributed by atoms with Gasteiger partial charge in [-0.05, 0) is 18.6 Å². The van der Waals surface area contributed by atoms with Crippen molar-refractivity contribution in [3.63, 3.8) is 0 Å². The van der Waals surface area contributed by atoms with E-state index in [1.54, 1.807) is 11.0 Å². The summed E-state index contributed by atoms with van der Waals surface area (Å²) in [5.74, 6) is -0.860. The van der Waals surface area contributed by atoms with Crippen LogP contribution < -0.4 is 10.6 Å². The minimum Gasteiger partial charge on any atom is -0.382 e. The Hall–Kier alpha value is -1.97. The first-order chi connectivity index (χ1) is 13.6. The molecule has 0 saturated carbocycles. The zero-order valence-corrected chi connectivity index (χ0v) is 17.1. The number of alkyl halides is 1. The van der Waals surface area contributed by atoms with Gasteiger partial charge in [-0.25, -0.2) is 0 Å². The molecule has 0 aromatic heterocycles. The lowest BCUT2D eigenvalue weighted by atomic mass is 10.0. The SMILES string of the molecule is O=C1CCC(N2Cc3c(NCCOCCOCCBr)cccc3C2=O)C(=O)N1. The van der Waals surface area contributed by atoms with Gasteiger partial charge >= 0.3 is 0 Å². The molecule has 0 aliphatic carbocycles. The molecule has 1 atom stereocenters. The van der Waals surface area contributed by atoms with Crippen LogP contribution in [0, 0.1) is 0 Å². The molecule has 9 heteroatoms. The highest BCUT2D eigenvalue weighted by atomic mass is 79.9. The fourth-order valence-electron chi connectivity index (χ4n) is 3.39. The molecule has 1 aromatic carbocycles. The summed E-state index contributed by atoms with van der Waals surface area (Å²) < 4.78 is 10.8. The summed E-state index contributed by atoms with van der Waals surface area (Å²) >= 11 is 3.29. The third kappa shape index (κ3) is 4.89. The van der Waals surface area contributed by atoms with Crippen LogP contribution in [0.5, 0.6) is 0 Å². The Morgan fingerprint density at radius 3 is 2.68 bits per heavy atom. The van der Waals surface area contributed by atoms with Crippen LogP contribution in [-0.2, 0) is 25.6 Å². The standard InChI is InChI=1S/C19H24BrN3O5/c20-6-8-27-10-11-28-9-7-21-15-3-1-2-13-14(15)12-23(19(13)26)16-4-5-17(24)22-18(16)25/h1-3,16,21H,4-12H2,(H,22,24,25).